The number of unbranched alkanes of at least 4 members (excludes halogenated alkanes) is 2. The largest absolute Gasteiger partial charge is 0.503 e. The maximum atomic E-state index is 9.75. The van der Waals surface area contributed by atoms with E-state index in [1.165, 1.54) is 18.9 Å². The van der Waals surface area contributed by atoms with Gasteiger partial charge < -0.3 is 9.84 Å². The highest BCUT2D eigenvalue weighted by molar-refractivity contribution is 6.29. The fraction of sp³-hybridized carbons (Fsp3) is 0.333. The first kappa shape index (κ1) is 14.6. The molecule has 0 unspecified atom stereocenters. The van der Waals surface area contributed by atoms with E-state index in [9.17, 15) is 5.11 Å². The first-order chi connectivity index (χ1) is 9.70. The first-order valence-electron chi connectivity index (χ1n) is 6.68. The summed E-state index contributed by atoms with van der Waals surface area (Å²) >= 11 is 5.65. The molecule has 0 aliphatic rings. The number of hydrogen-bond acceptors (Lipinski definition) is 4. The molecule has 4 nitrogen and oxygen atoms in total. The van der Waals surface area contributed by atoms with Crippen molar-refractivity contribution in [2.24, 2.45) is 0 Å². The van der Waals surface area contributed by atoms with Crippen LogP contribution < -0.4 is 4.74 Å². The van der Waals surface area contributed by atoms with Gasteiger partial charge in [0.25, 0.3) is 5.88 Å². The summed E-state index contributed by atoms with van der Waals surface area (Å²) in [7, 11) is 0. The molecule has 1 aromatic carbocycles. The Labute approximate surface area is 123 Å². The summed E-state index contributed by atoms with van der Waals surface area (Å²) in [6.45, 7) is 2.17. The molecule has 0 bridgehead atoms. The van der Waals surface area contributed by atoms with E-state index >= 15 is 0 Å². The second kappa shape index (κ2) is 7.10. The van der Waals surface area contributed by atoms with Crippen LogP contribution in [0.1, 0.15) is 31.7 Å². The molecule has 2 rings (SSSR count). The molecule has 0 aliphatic heterocycles. The highest BCUT2D eigenvalue weighted by Crippen LogP contribution is 2.31. The number of aromatic hydroxyl groups is 1. The summed E-state index contributed by atoms with van der Waals surface area (Å²) < 4.78 is 5.64. The lowest BCUT2D eigenvalue weighted by Gasteiger charge is -2.10. The molecule has 1 heterocycles. The quantitative estimate of drug-likeness (QED) is 0.804. The summed E-state index contributed by atoms with van der Waals surface area (Å²) in [6.07, 6.45) is 4.40. The molecule has 1 N–H and O–H groups in total. The Hall–Kier alpha value is -1.81. The minimum absolute atomic E-state index is 0.0670. The van der Waals surface area contributed by atoms with Crippen molar-refractivity contribution in [2.75, 3.05) is 0 Å². The first-order valence-corrected chi connectivity index (χ1v) is 7.06. The van der Waals surface area contributed by atoms with Crippen LogP contribution in [0.25, 0.3) is 0 Å². The van der Waals surface area contributed by atoms with Crippen molar-refractivity contribution in [3.05, 3.63) is 41.0 Å². The van der Waals surface area contributed by atoms with E-state index < -0.39 is 0 Å². The number of para-hydroxylation sites is 1. The Kier molecular flexibility index (Phi) is 5.18. The zero-order valence-corrected chi connectivity index (χ0v) is 12.1. The second-order valence-corrected chi connectivity index (χ2v) is 4.91. The molecule has 5 heteroatoms. The van der Waals surface area contributed by atoms with E-state index in [2.05, 4.69) is 17.1 Å². The number of hydrogen-bond donors (Lipinski definition) is 1. The predicted octanol–water partition coefficient (Wildman–Crippen LogP) is 4.36. The van der Waals surface area contributed by atoms with E-state index in [0.29, 0.717) is 5.75 Å². The third-order valence-electron chi connectivity index (χ3n) is 2.94. The number of ether oxygens (including phenoxy) is 1. The van der Waals surface area contributed by atoms with Crippen molar-refractivity contribution < 1.29 is 9.84 Å². The Morgan fingerprint density at radius 1 is 1.20 bits per heavy atom. The maximum Gasteiger partial charge on any atom is 0.281 e. The number of nitrogens with zero attached hydrogens (tertiary/aromatic N) is 2. The zero-order valence-electron chi connectivity index (χ0n) is 11.3. The molecule has 0 amide bonds. The van der Waals surface area contributed by atoms with Gasteiger partial charge in [-0.25, -0.2) is 0 Å². The van der Waals surface area contributed by atoms with Crippen molar-refractivity contribution >= 4 is 11.6 Å². The highest BCUT2D eigenvalue weighted by atomic mass is 35.5. The summed E-state index contributed by atoms with van der Waals surface area (Å²) in [5.74, 6) is 0.640. The lowest BCUT2D eigenvalue weighted by molar-refractivity contribution is 0.389. The monoisotopic (exact) mass is 292 g/mol. The molecule has 0 fully saturated rings. The van der Waals surface area contributed by atoms with Crippen LogP contribution in [0.5, 0.6) is 17.4 Å². The molecular weight excluding hydrogens is 276 g/mol. The van der Waals surface area contributed by atoms with Crippen LogP contribution in [0.15, 0.2) is 30.3 Å². The van der Waals surface area contributed by atoms with E-state index in [1.807, 2.05) is 24.3 Å². The molecule has 0 saturated carbocycles. The van der Waals surface area contributed by atoms with E-state index in [-0.39, 0.29) is 16.8 Å². The standard InChI is InChI=1S/C15H17ClN2O2/c1-2-3-4-7-11-8-5-6-9-13(11)20-15-12(19)10-14(16)17-18-15/h5-6,8-10H,2-4,7H2,1H3,(H,17,19). The van der Waals surface area contributed by atoms with Crippen molar-refractivity contribution in [2.45, 2.75) is 32.6 Å². The number of benzene rings is 1. The van der Waals surface area contributed by atoms with Gasteiger partial charge in [0.05, 0.1) is 0 Å². The predicted molar refractivity (Wildman–Crippen MR) is 78.5 cm³/mol. The fourth-order valence-corrected chi connectivity index (χ4v) is 2.04. The van der Waals surface area contributed by atoms with E-state index in [4.69, 9.17) is 16.3 Å². The Bertz CT molecular complexity index is 576. The molecule has 0 saturated heterocycles. The number of aryl methyl sites for hydroxylation is 1. The lowest BCUT2D eigenvalue weighted by atomic mass is 10.1. The average molecular weight is 293 g/mol. The van der Waals surface area contributed by atoms with Gasteiger partial charge in [-0.15, -0.1) is 10.2 Å². The molecule has 20 heavy (non-hydrogen) atoms. The Morgan fingerprint density at radius 2 is 2.00 bits per heavy atom. The number of halogens is 1. The molecule has 0 spiro atoms. The number of rotatable bonds is 6. The van der Waals surface area contributed by atoms with Crippen molar-refractivity contribution in [3.8, 4) is 17.4 Å². The Balaban J connectivity index is 2.16. The Morgan fingerprint density at radius 3 is 2.75 bits per heavy atom. The van der Waals surface area contributed by atoms with Crippen molar-refractivity contribution in [3.63, 3.8) is 0 Å². The minimum atomic E-state index is -0.117. The third-order valence-corrected chi connectivity index (χ3v) is 3.12. The molecule has 106 valence electrons. The van der Waals surface area contributed by atoms with Crippen molar-refractivity contribution in [1.82, 2.24) is 10.2 Å². The summed E-state index contributed by atoms with van der Waals surface area (Å²) in [6, 6.07) is 9.05. The minimum Gasteiger partial charge on any atom is -0.503 e. The van der Waals surface area contributed by atoms with Crippen LogP contribution in [-0.4, -0.2) is 15.3 Å². The number of aromatic nitrogens is 2. The average Bonchev–Trinajstić information content (AvgIpc) is 2.44. The third kappa shape index (κ3) is 3.84. The fourth-order valence-electron chi connectivity index (χ4n) is 1.90. The van der Waals surface area contributed by atoms with Gasteiger partial charge in [-0.1, -0.05) is 49.6 Å². The van der Waals surface area contributed by atoms with Crippen LogP contribution in [0.4, 0.5) is 0 Å². The molecule has 0 radical (unpaired) electrons. The summed E-state index contributed by atoms with van der Waals surface area (Å²) in [4.78, 5) is 0. The van der Waals surface area contributed by atoms with Crippen LogP contribution in [0.3, 0.4) is 0 Å². The highest BCUT2D eigenvalue weighted by Gasteiger charge is 2.10. The van der Waals surface area contributed by atoms with Gasteiger partial charge in [-0.3, -0.25) is 0 Å². The van der Waals surface area contributed by atoms with Crippen LogP contribution in [0, 0.1) is 0 Å². The second-order valence-electron chi connectivity index (χ2n) is 4.52. The van der Waals surface area contributed by atoms with Gasteiger partial charge in [-0.2, -0.15) is 0 Å². The molecule has 1 aromatic heterocycles. The maximum absolute atomic E-state index is 9.75. The molecular formula is C15H17ClN2O2. The van der Waals surface area contributed by atoms with Gasteiger partial charge in [0.15, 0.2) is 10.9 Å². The van der Waals surface area contributed by atoms with E-state index in [1.54, 1.807) is 0 Å². The smallest absolute Gasteiger partial charge is 0.281 e. The van der Waals surface area contributed by atoms with Gasteiger partial charge in [0.1, 0.15) is 5.75 Å². The zero-order chi connectivity index (χ0) is 14.4. The van der Waals surface area contributed by atoms with Crippen LogP contribution in [0.2, 0.25) is 5.15 Å². The van der Waals surface area contributed by atoms with Gasteiger partial charge >= 0.3 is 0 Å². The molecule has 0 atom stereocenters. The van der Waals surface area contributed by atoms with Crippen LogP contribution >= 0.6 is 11.6 Å². The summed E-state index contributed by atoms with van der Waals surface area (Å²) in [5.41, 5.74) is 1.09. The van der Waals surface area contributed by atoms with Gasteiger partial charge in [0, 0.05) is 6.07 Å². The summed E-state index contributed by atoms with van der Waals surface area (Å²) in [5, 5.41) is 17.3. The van der Waals surface area contributed by atoms with Crippen LogP contribution in [-0.2, 0) is 6.42 Å². The van der Waals surface area contributed by atoms with Gasteiger partial charge in [-0.05, 0) is 24.5 Å². The normalized spacial score (nSPS) is 10.5. The topological polar surface area (TPSA) is 55.2 Å². The lowest BCUT2D eigenvalue weighted by Crippen LogP contribution is -1.95. The SMILES string of the molecule is CCCCCc1ccccc1Oc1nnc(Cl)cc1O. The van der Waals surface area contributed by atoms with Gasteiger partial charge in [0.2, 0.25) is 0 Å². The van der Waals surface area contributed by atoms with E-state index in [0.717, 1.165) is 18.4 Å². The molecule has 0 aliphatic carbocycles. The van der Waals surface area contributed by atoms with Crippen molar-refractivity contribution in [1.29, 1.82) is 0 Å². The molecule has 2 aromatic rings.